The maximum Gasteiger partial charge on any atom is 0.413 e. The number of hydrogen-bond acceptors (Lipinski definition) is 13. The van der Waals surface area contributed by atoms with Crippen LogP contribution in [0.15, 0.2) is 10.5 Å². The number of aryl methyl sites for hydroxylation is 1. The van der Waals surface area contributed by atoms with Crippen molar-refractivity contribution in [3.8, 4) is 0 Å². The third-order valence-corrected chi connectivity index (χ3v) is 5.96. The quantitative estimate of drug-likeness (QED) is 0.164. The zero-order valence-corrected chi connectivity index (χ0v) is 25.2. The summed E-state index contributed by atoms with van der Waals surface area (Å²) >= 11 is 1.01. The second-order valence-corrected chi connectivity index (χ2v) is 12.5. The molecule has 0 aliphatic carbocycles. The van der Waals surface area contributed by atoms with E-state index in [4.69, 9.17) is 14.3 Å². The van der Waals surface area contributed by atoms with E-state index in [0.29, 0.717) is 5.82 Å². The number of rotatable bonds is 9. The summed E-state index contributed by atoms with van der Waals surface area (Å²) in [5.41, 5.74) is -3.43. The van der Waals surface area contributed by atoms with Crippen LogP contribution in [0.25, 0.3) is 0 Å². The predicted molar refractivity (Wildman–Crippen MR) is 146 cm³/mol. The van der Waals surface area contributed by atoms with E-state index in [-0.39, 0.29) is 23.1 Å². The molecule has 2 aromatic heterocycles. The van der Waals surface area contributed by atoms with Gasteiger partial charge in [-0.15, -0.1) is 16.4 Å². The molecule has 1 aliphatic rings. The van der Waals surface area contributed by atoms with Crippen molar-refractivity contribution >= 4 is 46.1 Å². The van der Waals surface area contributed by atoms with Crippen molar-refractivity contribution in [3.63, 3.8) is 0 Å². The molecule has 2 aromatic rings. The maximum absolute atomic E-state index is 13.4. The van der Waals surface area contributed by atoms with Gasteiger partial charge in [-0.25, -0.2) is 19.3 Å². The van der Waals surface area contributed by atoms with Crippen LogP contribution in [0.1, 0.15) is 66.9 Å². The van der Waals surface area contributed by atoms with E-state index in [1.54, 1.807) is 48.5 Å². The number of nitrogens with one attached hydrogen (secondary N) is 3. The van der Waals surface area contributed by atoms with E-state index >= 15 is 0 Å². The maximum atomic E-state index is 13.4. The van der Waals surface area contributed by atoms with Gasteiger partial charge in [-0.05, 0) is 72.7 Å². The van der Waals surface area contributed by atoms with E-state index in [1.807, 2.05) is 0 Å². The van der Waals surface area contributed by atoms with Crippen LogP contribution < -0.4 is 16.0 Å². The molecule has 3 amide bonds. The van der Waals surface area contributed by atoms with Crippen LogP contribution in [-0.4, -0.2) is 83.7 Å². The lowest BCUT2D eigenvalue weighted by Crippen LogP contribution is -2.70. The number of hydrogen-bond donors (Lipinski definition) is 3. The van der Waals surface area contributed by atoms with Gasteiger partial charge in [-0.1, -0.05) is 5.16 Å². The fourth-order valence-corrected chi connectivity index (χ4v) is 3.89. The number of aromatic nitrogens is 5. The molecule has 0 spiro atoms. The summed E-state index contributed by atoms with van der Waals surface area (Å²) in [7, 11) is 0. The van der Waals surface area contributed by atoms with Crippen LogP contribution >= 0.6 is 11.3 Å². The number of carbonyl (C=O) groups excluding carboxylic acids is 4. The Balaban J connectivity index is 1.84. The molecule has 1 aliphatic heterocycles. The molecule has 17 heteroatoms. The summed E-state index contributed by atoms with van der Waals surface area (Å²) in [4.78, 5) is 60.4. The molecule has 41 heavy (non-hydrogen) atoms. The van der Waals surface area contributed by atoms with Crippen molar-refractivity contribution in [3.05, 3.63) is 16.9 Å². The SMILES string of the molecule is Cc1nnnn1C[C@H]1NC(=O)[C@H]1NC(=O)C(=NOC(C)(C)C(=O)OC(C)(C)C)c1csc(NC(=O)OC(C)(C)C)n1. The first-order valence-corrected chi connectivity index (χ1v) is 13.5. The number of amides is 3. The first-order chi connectivity index (χ1) is 18.8. The minimum atomic E-state index is -1.58. The molecule has 0 bridgehead atoms. The Morgan fingerprint density at radius 1 is 1.10 bits per heavy atom. The van der Waals surface area contributed by atoms with Crippen molar-refractivity contribution in [1.29, 1.82) is 0 Å². The van der Waals surface area contributed by atoms with Gasteiger partial charge >= 0.3 is 12.1 Å². The lowest BCUT2D eigenvalue weighted by atomic mass is 9.98. The summed E-state index contributed by atoms with van der Waals surface area (Å²) in [6.07, 6.45) is -0.740. The summed E-state index contributed by atoms with van der Waals surface area (Å²) < 4.78 is 12.1. The molecule has 3 heterocycles. The minimum Gasteiger partial charge on any atom is -0.457 e. The Morgan fingerprint density at radius 2 is 1.76 bits per heavy atom. The van der Waals surface area contributed by atoms with Crippen molar-refractivity contribution < 1.29 is 33.5 Å². The third kappa shape index (κ3) is 8.67. The Kier molecular flexibility index (Phi) is 9.00. The van der Waals surface area contributed by atoms with Crippen LogP contribution in [0, 0.1) is 6.92 Å². The Morgan fingerprint density at radius 3 is 2.32 bits per heavy atom. The van der Waals surface area contributed by atoms with Gasteiger partial charge in [0.15, 0.2) is 10.8 Å². The predicted octanol–water partition coefficient (Wildman–Crippen LogP) is 1.31. The Labute approximate surface area is 240 Å². The average molecular weight is 594 g/mol. The largest absolute Gasteiger partial charge is 0.457 e. The lowest BCUT2D eigenvalue weighted by Gasteiger charge is -2.36. The zero-order chi connectivity index (χ0) is 30.8. The highest BCUT2D eigenvalue weighted by molar-refractivity contribution is 7.14. The van der Waals surface area contributed by atoms with Gasteiger partial charge in [-0.3, -0.25) is 14.9 Å². The van der Waals surface area contributed by atoms with E-state index in [0.717, 1.165) is 11.3 Å². The van der Waals surface area contributed by atoms with Crippen LogP contribution in [0.4, 0.5) is 9.93 Å². The fraction of sp³-hybridized carbons (Fsp3) is 0.625. The Hall–Kier alpha value is -4.15. The molecule has 2 atom stereocenters. The van der Waals surface area contributed by atoms with Crippen LogP contribution in [0.3, 0.4) is 0 Å². The van der Waals surface area contributed by atoms with Gasteiger partial charge in [0.1, 0.15) is 28.8 Å². The topological polar surface area (TPSA) is 201 Å². The molecule has 224 valence electrons. The van der Waals surface area contributed by atoms with E-state index < -0.39 is 52.8 Å². The van der Waals surface area contributed by atoms with Crippen LogP contribution in [-0.2, 0) is 35.2 Å². The molecule has 3 N–H and O–H groups in total. The second-order valence-electron chi connectivity index (χ2n) is 11.7. The van der Waals surface area contributed by atoms with Crippen molar-refractivity contribution in [1.82, 2.24) is 35.8 Å². The number of oxime groups is 1. The first kappa shape index (κ1) is 31.4. The summed E-state index contributed by atoms with van der Waals surface area (Å²) in [5, 5.41) is 24.6. The molecule has 1 saturated heterocycles. The second kappa shape index (κ2) is 11.8. The molecule has 0 saturated carbocycles. The molecule has 16 nitrogen and oxygen atoms in total. The number of carbonyl (C=O) groups is 4. The van der Waals surface area contributed by atoms with E-state index in [1.165, 1.54) is 23.9 Å². The van der Waals surface area contributed by atoms with Crippen LogP contribution in [0.5, 0.6) is 0 Å². The van der Waals surface area contributed by atoms with Gasteiger partial charge in [0.05, 0.1) is 12.6 Å². The van der Waals surface area contributed by atoms with Gasteiger partial charge in [0.2, 0.25) is 11.5 Å². The monoisotopic (exact) mass is 593 g/mol. The summed E-state index contributed by atoms with van der Waals surface area (Å²) in [6.45, 7) is 15.0. The molecule has 0 unspecified atom stereocenters. The number of esters is 1. The summed E-state index contributed by atoms with van der Waals surface area (Å²) in [6, 6.07) is -1.44. The van der Waals surface area contributed by atoms with Gasteiger partial charge in [-0.2, -0.15) is 0 Å². The van der Waals surface area contributed by atoms with E-state index in [2.05, 4.69) is 41.6 Å². The average Bonchev–Trinajstić information content (AvgIpc) is 3.43. The van der Waals surface area contributed by atoms with Gasteiger partial charge in [0.25, 0.3) is 5.91 Å². The van der Waals surface area contributed by atoms with Gasteiger partial charge in [0, 0.05) is 5.38 Å². The molecular weight excluding hydrogens is 558 g/mol. The fourth-order valence-electron chi connectivity index (χ4n) is 3.21. The normalized spacial score (nSPS) is 17.7. The highest BCUT2D eigenvalue weighted by atomic mass is 32.1. The van der Waals surface area contributed by atoms with Crippen molar-refractivity contribution in [2.24, 2.45) is 5.16 Å². The number of ether oxygens (including phenoxy) is 2. The number of tetrazole rings is 1. The number of anilines is 1. The molecule has 0 aromatic carbocycles. The molecule has 3 rings (SSSR count). The summed E-state index contributed by atoms with van der Waals surface area (Å²) in [5.74, 6) is -1.41. The third-order valence-electron chi connectivity index (χ3n) is 5.21. The zero-order valence-electron chi connectivity index (χ0n) is 24.4. The highest BCUT2D eigenvalue weighted by Gasteiger charge is 2.42. The first-order valence-electron chi connectivity index (χ1n) is 12.6. The standard InChI is InChI=1S/C24H35N9O7S/c1-12-29-31-32-33(12)10-13-15(17(34)25-13)27-18(35)16(30-40-24(8,9)19(36)38-22(2,3)4)14-11-41-20(26-14)28-21(37)39-23(5,6)7/h11,13,15H,10H2,1-9H3,(H,25,34)(H,27,35)(H,26,28,37)/t13-,15+/m1/s1. The lowest BCUT2D eigenvalue weighted by molar-refractivity contribution is -0.179. The molecule has 1 fully saturated rings. The Bertz CT molecular complexity index is 1340. The van der Waals surface area contributed by atoms with Crippen molar-refractivity contribution in [2.75, 3.05) is 5.32 Å². The van der Waals surface area contributed by atoms with Gasteiger partial charge < -0.3 is 24.9 Å². The molecular formula is C24H35N9O7S. The highest BCUT2D eigenvalue weighted by Crippen LogP contribution is 2.21. The number of nitrogens with zero attached hydrogens (tertiary/aromatic N) is 6. The smallest absolute Gasteiger partial charge is 0.413 e. The molecule has 0 radical (unpaired) electrons. The van der Waals surface area contributed by atoms with Crippen molar-refractivity contribution in [2.45, 2.75) is 97.7 Å². The van der Waals surface area contributed by atoms with Crippen LogP contribution in [0.2, 0.25) is 0 Å². The minimum absolute atomic E-state index is 0.0196. The number of β-lactam (4-membered cyclic amide) rings is 1. The number of thiazole rings is 1. The van der Waals surface area contributed by atoms with E-state index in [9.17, 15) is 19.2 Å².